The Morgan fingerprint density at radius 3 is 2.42 bits per heavy atom. The molecule has 2 unspecified atom stereocenters. The fourth-order valence-electron chi connectivity index (χ4n) is 0.952. The summed E-state index contributed by atoms with van der Waals surface area (Å²) in [5, 5.41) is 0.822. The Balaban J connectivity index is 3.10. The van der Waals surface area contributed by atoms with Gasteiger partial charge in [0.05, 0.1) is 0 Å². The third-order valence-electron chi connectivity index (χ3n) is 2.22. The molecule has 0 fully saturated rings. The molecule has 0 aromatic heterocycles. The summed E-state index contributed by atoms with van der Waals surface area (Å²) in [6.07, 6.45) is 4.88. The van der Waals surface area contributed by atoms with Crippen molar-refractivity contribution < 1.29 is 0 Å². The molecule has 0 aromatic rings. The predicted octanol–water partition coefficient (Wildman–Crippen LogP) is 3.04. The summed E-state index contributed by atoms with van der Waals surface area (Å²) in [6, 6.07) is 0.433. The molecular formula is C10H23NS. The molecule has 2 N–H and O–H groups in total. The van der Waals surface area contributed by atoms with Crippen molar-refractivity contribution in [3.8, 4) is 0 Å². The Bertz CT molecular complexity index is 83.8. The van der Waals surface area contributed by atoms with Crippen LogP contribution in [-0.4, -0.2) is 17.0 Å². The van der Waals surface area contributed by atoms with E-state index in [1.807, 2.05) is 0 Å². The smallest absolute Gasteiger partial charge is 0.00364 e. The lowest BCUT2D eigenvalue weighted by molar-refractivity contribution is 0.589. The van der Waals surface area contributed by atoms with E-state index in [9.17, 15) is 0 Å². The molecule has 0 saturated carbocycles. The first kappa shape index (κ1) is 12.3. The van der Waals surface area contributed by atoms with Gasteiger partial charge in [0.2, 0.25) is 0 Å². The number of hydrogen-bond donors (Lipinski definition) is 1. The molecule has 12 heavy (non-hydrogen) atoms. The molecule has 2 heteroatoms. The number of rotatable bonds is 7. The van der Waals surface area contributed by atoms with Crippen LogP contribution >= 0.6 is 11.8 Å². The largest absolute Gasteiger partial charge is 0.328 e. The van der Waals surface area contributed by atoms with E-state index in [1.165, 1.54) is 25.0 Å². The number of hydrogen-bond acceptors (Lipinski definition) is 2. The zero-order chi connectivity index (χ0) is 9.40. The highest BCUT2D eigenvalue weighted by Crippen LogP contribution is 2.15. The normalized spacial score (nSPS) is 16.0. The second-order valence-electron chi connectivity index (χ2n) is 3.40. The van der Waals surface area contributed by atoms with Crippen LogP contribution in [0.25, 0.3) is 0 Å². The molecule has 74 valence electrons. The molecule has 0 aliphatic rings. The van der Waals surface area contributed by atoms with Crippen LogP contribution in [0, 0.1) is 0 Å². The third kappa shape index (κ3) is 6.99. The van der Waals surface area contributed by atoms with Crippen LogP contribution in [0.5, 0.6) is 0 Å². The highest BCUT2D eigenvalue weighted by atomic mass is 32.2. The van der Waals surface area contributed by atoms with Crippen molar-refractivity contribution in [2.24, 2.45) is 5.73 Å². The van der Waals surface area contributed by atoms with Gasteiger partial charge in [-0.25, -0.2) is 0 Å². The van der Waals surface area contributed by atoms with Gasteiger partial charge in [0.25, 0.3) is 0 Å². The third-order valence-corrected chi connectivity index (χ3v) is 3.65. The van der Waals surface area contributed by atoms with Crippen molar-refractivity contribution in [3.63, 3.8) is 0 Å². The minimum atomic E-state index is 0.433. The zero-order valence-electron chi connectivity index (χ0n) is 8.68. The van der Waals surface area contributed by atoms with Crippen LogP contribution < -0.4 is 5.73 Å². The van der Waals surface area contributed by atoms with E-state index < -0.39 is 0 Å². The summed E-state index contributed by atoms with van der Waals surface area (Å²) >= 11 is 2.07. The lowest BCUT2D eigenvalue weighted by Crippen LogP contribution is -2.18. The van der Waals surface area contributed by atoms with Crippen molar-refractivity contribution in [3.05, 3.63) is 0 Å². The molecule has 2 atom stereocenters. The van der Waals surface area contributed by atoms with Gasteiger partial charge in [0, 0.05) is 11.3 Å². The highest BCUT2D eigenvalue weighted by molar-refractivity contribution is 7.99. The predicted molar refractivity (Wildman–Crippen MR) is 59.7 cm³/mol. The average molecular weight is 189 g/mol. The Morgan fingerprint density at radius 1 is 1.25 bits per heavy atom. The van der Waals surface area contributed by atoms with E-state index in [0.29, 0.717) is 6.04 Å². The van der Waals surface area contributed by atoms with Crippen LogP contribution in [0.1, 0.15) is 46.5 Å². The lowest BCUT2D eigenvalue weighted by atomic mass is 10.1. The van der Waals surface area contributed by atoms with E-state index in [-0.39, 0.29) is 0 Å². The van der Waals surface area contributed by atoms with Gasteiger partial charge in [-0.15, -0.1) is 0 Å². The minimum Gasteiger partial charge on any atom is -0.328 e. The van der Waals surface area contributed by atoms with Crippen molar-refractivity contribution in [2.75, 3.05) is 5.75 Å². The topological polar surface area (TPSA) is 26.0 Å². The first-order chi connectivity index (χ1) is 5.70. The van der Waals surface area contributed by atoms with Crippen molar-refractivity contribution in [1.82, 2.24) is 0 Å². The maximum Gasteiger partial charge on any atom is 0.00364 e. The summed E-state index contributed by atoms with van der Waals surface area (Å²) in [6.45, 7) is 6.70. The van der Waals surface area contributed by atoms with Gasteiger partial charge in [-0.05, 0) is 31.4 Å². The molecule has 0 saturated heterocycles. The molecule has 0 amide bonds. The Hall–Kier alpha value is 0.310. The molecular weight excluding hydrogens is 166 g/mol. The molecule has 0 bridgehead atoms. The van der Waals surface area contributed by atoms with Gasteiger partial charge in [-0.2, -0.15) is 11.8 Å². The van der Waals surface area contributed by atoms with Crippen molar-refractivity contribution >= 4 is 11.8 Å². The molecule has 0 spiro atoms. The molecule has 1 nitrogen and oxygen atoms in total. The van der Waals surface area contributed by atoms with E-state index >= 15 is 0 Å². The average Bonchev–Trinajstić information content (AvgIpc) is 2.11. The monoisotopic (exact) mass is 189 g/mol. The molecule has 0 heterocycles. The number of thioether (sulfide) groups is 1. The Labute approximate surface area is 81.5 Å². The van der Waals surface area contributed by atoms with Crippen LogP contribution in [0.2, 0.25) is 0 Å². The van der Waals surface area contributed by atoms with Gasteiger partial charge in [0.15, 0.2) is 0 Å². The quantitative estimate of drug-likeness (QED) is 0.623. The molecule has 0 aromatic carbocycles. The minimum absolute atomic E-state index is 0.433. The Kier molecular flexibility index (Phi) is 8.14. The summed E-state index contributed by atoms with van der Waals surface area (Å²) in [7, 11) is 0. The van der Waals surface area contributed by atoms with E-state index in [2.05, 4.69) is 32.5 Å². The van der Waals surface area contributed by atoms with E-state index in [4.69, 9.17) is 5.73 Å². The maximum absolute atomic E-state index is 5.81. The van der Waals surface area contributed by atoms with Gasteiger partial charge in [-0.1, -0.05) is 20.8 Å². The van der Waals surface area contributed by atoms with Gasteiger partial charge >= 0.3 is 0 Å². The molecule has 0 aliphatic carbocycles. The van der Waals surface area contributed by atoms with Crippen LogP contribution in [0.4, 0.5) is 0 Å². The van der Waals surface area contributed by atoms with Gasteiger partial charge < -0.3 is 5.73 Å². The van der Waals surface area contributed by atoms with Gasteiger partial charge in [0.1, 0.15) is 0 Å². The van der Waals surface area contributed by atoms with E-state index in [1.54, 1.807) is 0 Å². The van der Waals surface area contributed by atoms with Crippen molar-refractivity contribution in [1.29, 1.82) is 0 Å². The fourth-order valence-corrected chi connectivity index (χ4v) is 1.92. The number of nitrogens with two attached hydrogens (primary N) is 1. The van der Waals surface area contributed by atoms with Crippen LogP contribution in [0.15, 0.2) is 0 Å². The standard InChI is InChI=1S/C10H23NS/c1-4-9(3)12-8-6-7-10(11)5-2/h9-10H,4-8,11H2,1-3H3. The highest BCUT2D eigenvalue weighted by Gasteiger charge is 2.01. The molecule has 0 radical (unpaired) electrons. The fraction of sp³-hybridized carbons (Fsp3) is 1.00. The summed E-state index contributed by atoms with van der Waals surface area (Å²) in [4.78, 5) is 0. The lowest BCUT2D eigenvalue weighted by Gasteiger charge is -2.10. The second-order valence-corrected chi connectivity index (χ2v) is 4.95. The summed E-state index contributed by atoms with van der Waals surface area (Å²) in [5.41, 5.74) is 5.81. The second kappa shape index (κ2) is 7.93. The maximum atomic E-state index is 5.81. The Morgan fingerprint density at radius 2 is 1.92 bits per heavy atom. The first-order valence-electron chi connectivity index (χ1n) is 5.07. The molecule has 0 rings (SSSR count). The van der Waals surface area contributed by atoms with Crippen LogP contribution in [0.3, 0.4) is 0 Å². The zero-order valence-corrected chi connectivity index (χ0v) is 9.49. The van der Waals surface area contributed by atoms with Crippen molar-refractivity contribution in [2.45, 2.75) is 57.7 Å². The van der Waals surface area contributed by atoms with Crippen LogP contribution in [-0.2, 0) is 0 Å². The summed E-state index contributed by atoms with van der Waals surface area (Å²) < 4.78 is 0. The van der Waals surface area contributed by atoms with E-state index in [0.717, 1.165) is 11.7 Å². The SMILES string of the molecule is CCC(N)CCCSC(C)CC. The first-order valence-corrected chi connectivity index (χ1v) is 6.12. The molecule has 0 aliphatic heterocycles. The summed E-state index contributed by atoms with van der Waals surface area (Å²) in [5.74, 6) is 1.28. The van der Waals surface area contributed by atoms with Gasteiger partial charge in [-0.3, -0.25) is 0 Å².